The van der Waals surface area contributed by atoms with Crippen molar-refractivity contribution in [3.8, 4) is 11.5 Å². The van der Waals surface area contributed by atoms with E-state index in [-0.39, 0.29) is 25.0 Å². The number of hydrogen-bond acceptors (Lipinski definition) is 5. The van der Waals surface area contributed by atoms with Gasteiger partial charge in [-0.1, -0.05) is 19.1 Å². The number of anilines is 1. The third-order valence-corrected chi connectivity index (χ3v) is 5.21. The number of amides is 3. The molecule has 1 aliphatic rings. The summed E-state index contributed by atoms with van der Waals surface area (Å²) in [4.78, 5) is 39.1. The molecule has 0 spiro atoms. The van der Waals surface area contributed by atoms with Crippen molar-refractivity contribution in [3.05, 3.63) is 53.6 Å². The van der Waals surface area contributed by atoms with Crippen LogP contribution in [0.15, 0.2) is 42.5 Å². The van der Waals surface area contributed by atoms with Crippen molar-refractivity contribution in [3.63, 3.8) is 0 Å². The molecule has 0 saturated carbocycles. The molecule has 1 heterocycles. The number of rotatable bonds is 7. The maximum Gasteiger partial charge on any atom is 0.269 e. The summed E-state index contributed by atoms with van der Waals surface area (Å²) in [5.41, 5.74) is 7.05. The largest absolute Gasteiger partial charge is 0.493 e. The summed E-state index contributed by atoms with van der Waals surface area (Å²) >= 11 is 0. The van der Waals surface area contributed by atoms with Crippen molar-refractivity contribution in [1.82, 2.24) is 10.9 Å². The summed E-state index contributed by atoms with van der Waals surface area (Å²) < 4.78 is 10.9. The predicted octanol–water partition coefficient (Wildman–Crippen LogP) is 2.86. The zero-order chi connectivity index (χ0) is 23.3. The first kappa shape index (κ1) is 23.1. The molecule has 32 heavy (non-hydrogen) atoms. The van der Waals surface area contributed by atoms with Crippen LogP contribution in [0.3, 0.4) is 0 Å². The van der Waals surface area contributed by atoms with E-state index < -0.39 is 17.7 Å². The number of nitrogens with one attached hydrogen (secondary N) is 2. The van der Waals surface area contributed by atoms with E-state index >= 15 is 0 Å². The molecule has 170 valence electrons. The van der Waals surface area contributed by atoms with Crippen molar-refractivity contribution in [1.29, 1.82) is 0 Å². The van der Waals surface area contributed by atoms with Crippen LogP contribution in [-0.4, -0.2) is 37.5 Å². The molecule has 0 bridgehead atoms. The van der Waals surface area contributed by atoms with Gasteiger partial charge in [-0.2, -0.15) is 0 Å². The predicted molar refractivity (Wildman–Crippen MR) is 121 cm³/mol. The van der Waals surface area contributed by atoms with Crippen LogP contribution >= 0.6 is 0 Å². The first-order chi connectivity index (χ1) is 15.3. The van der Waals surface area contributed by atoms with E-state index in [0.29, 0.717) is 17.1 Å². The van der Waals surface area contributed by atoms with E-state index in [4.69, 9.17) is 9.47 Å². The van der Waals surface area contributed by atoms with Gasteiger partial charge in [0.15, 0.2) is 11.5 Å². The maximum absolute atomic E-state index is 12.6. The Morgan fingerprint density at radius 1 is 1.12 bits per heavy atom. The maximum atomic E-state index is 12.6. The lowest BCUT2D eigenvalue weighted by atomic mass is 10.1. The molecule has 3 amide bonds. The van der Waals surface area contributed by atoms with Crippen molar-refractivity contribution in [2.24, 2.45) is 5.92 Å². The number of carbonyl (C=O) groups excluding carboxylic acids is 3. The van der Waals surface area contributed by atoms with Crippen LogP contribution in [-0.2, 0) is 16.0 Å². The van der Waals surface area contributed by atoms with Crippen LogP contribution in [0.4, 0.5) is 5.69 Å². The molecular weight excluding hydrogens is 410 g/mol. The zero-order valence-electron chi connectivity index (χ0n) is 18.8. The number of ether oxygens (including phenoxy) is 2. The number of aryl methyl sites for hydroxylation is 1. The number of nitrogens with zero attached hydrogens (tertiary/aromatic N) is 1. The smallest absolute Gasteiger partial charge is 0.269 e. The number of hydrogen-bond donors (Lipinski definition) is 2. The molecule has 0 radical (unpaired) electrons. The zero-order valence-corrected chi connectivity index (χ0v) is 18.8. The van der Waals surface area contributed by atoms with Gasteiger partial charge in [0.1, 0.15) is 0 Å². The SMILES string of the molecule is CCc1cccc(N2C[C@H](C(=O)NNC(=O)c3ccc(OC(C)C)c(OC)c3)CC2=O)c1. The van der Waals surface area contributed by atoms with Gasteiger partial charge in [-0.05, 0) is 56.2 Å². The molecular formula is C24H29N3O5. The monoisotopic (exact) mass is 439 g/mol. The van der Waals surface area contributed by atoms with E-state index in [0.717, 1.165) is 17.7 Å². The van der Waals surface area contributed by atoms with Crippen LogP contribution in [0.1, 0.15) is 43.1 Å². The second-order valence-corrected chi connectivity index (χ2v) is 7.90. The molecule has 0 aliphatic carbocycles. The molecule has 2 aromatic carbocycles. The van der Waals surface area contributed by atoms with E-state index in [1.807, 2.05) is 45.0 Å². The molecule has 0 aromatic heterocycles. The Labute approximate surface area is 187 Å². The Balaban J connectivity index is 1.59. The van der Waals surface area contributed by atoms with Crippen LogP contribution in [0.5, 0.6) is 11.5 Å². The van der Waals surface area contributed by atoms with Gasteiger partial charge in [-0.15, -0.1) is 0 Å². The average molecular weight is 440 g/mol. The highest BCUT2D eigenvalue weighted by molar-refractivity contribution is 6.01. The summed E-state index contributed by atoms with van der Waals surface area (Å²) in [6.07, 6.45) is 0.912. The minimum absolute atomic E-state index is 0.0407. The second kappa shape index (κ2) is 10.2. The normalized spacial score (nSPS) is 15.6. The van der Waals surface area contributed by atoms with Crippen molar-refractivity contribution < 1.29 is 23.9 Å². The lowest BCUT2D eigenvalue weighted by Crippen LogP contribution is -2.45. The molecule has 1 saturated heterocycles. The summed E-state index contributed by atoms with van der Waals surface area (Å²) in [7, 11) is 1.49. The van der Waals surface area contributed by atoms with Gasteiger partial charge >= 0.3 is 0 Å². The van der Waals surface area contributed by atoms with Gasteiger partial charge in [0, 0.05) is 24.2 Å². The number of carbonyl (C=O) groups is 3. The Morgan fingerprint density at radius 2 is 1.91 bits per heavy atom. The first-order valence-electron chi connectivity index (χ1n) is 10.7. The standard InChI is InChI=1S/C24H29N3O5/c1-5-16-7-6-8-19(11-16)27-14-18(13-22(27)28)24(30)26-25-23(29)17-9-10-20(32-15(2)3)21(12-17)31-4/h6-12,15,18H,5,13-14H2,1-4H3,(H,25,29)(H,26,30)/t18-/m1/s1. The minimum atomic E-state index is -0.551. The fourth-order valence-electron chi connectivity index (χ4n) is 3.53. The van der Waals surface area contributed by atoms with E-state index in [9.17, 15) is 14.4 Å². The Hall–Kier alpha value is -3.55. The van der Waals surface area contributed by atoms with Crippen molar-refractivity contribution in [2.75, 3.05) is 18.6 Å². The quantitative estimate of drug-likeness (QED) is 0.647. The summed E-state index contributed by atoms with van der Waals surface area (Å²) in [5, 5.41) is 0. The van der Waals surface area contributed by atoms with Gasteiger partial charge in [0.05, 0.1) is 19.1 Å². The van der Waals surface area contributed by atoms with Crippen LogP contribution in [0.25, 0.3) is 0 Å². The average Bonchev–Trinajstić information content (AvgIpc) is 3.18. The van der Waals surface area contributed by atoms with E-state index in [2.05, 4.69) is 10.9 Å². The number of hydrazine groups is 1. The third kappa shape index (κ3) is 5.38. The highest BCUT2D eigenvalue weighted by atomic mass is 16.5. The fraction of sp³-hybridized carbons (Fsp3) is 0.375. The molecule has 1 aliphatic heterocycles. The lowest BCUT2D eigenvalue weighted by molar-refractivity contribution is -0.126. The van der Waals surface area contributed by atoms with Crippen LogP contribution in [0.2, 0.25) is 0 Å². The van der Waals surface area contributed by atoms with Gasteiger partial charge in [0.2, 0.25) is 11.8 Å². The highest BCUT2D eigenvalue weighted by Crippen LogP contribution is 2.29. The molecule has 1 fully saturated rings. The Bertz CT molecular complexity index is 1000. The molecule has 1 atom stereocenters. The molecule has 0 unspecified atom stereocenters. The van der Waals surface area contributed by atoms with E-state index in [1.165, 1.54) is 7.11 Å². The first-order valence-corrected chi connectivity index (χ1v) is 10.7. The van der Waals surface area contributed by atoms with Crippen molar-refractivity contribution in [2.45, 2.75) is 39.7 Å². The van der Waals surface area contributed by atoms with Gasteiger partial charge in [0.25, 0.3) is 5.91 Å². The van der Waals surface area contributed by atoms with E-state index in [1.54, 1.807) is 23.1 Å². The Morgan fingerprint density at radius 3 is 2.59 bits per heavy atom. The topological polar surface area (TPSA) is 97.0 Å². The number of benzene rings is 2. The molecule has 3 rings (SSSR count). The fourth-order valence-corrected chi connectivity index (χ4v) is 3.53. The molecule has 2 aromatic rings. The Kier molecular flexibility index (Phi) is 7.35. The summed E-state index contributed by atoms with van der Waals surface area (Å²) in [6, 6.07) is 12.5. The summed E-state index contributed by atoms with van der Waals surface area (Å²) in [6.45, 7) is 6.10. The highest BCUT2D eigenvalue weighted by Gasteiger charge is 2.35. The molecule has 2 N–H and O–H groups in total. The second-order valence-electron chi connectivity index (χ2n) is 7.90. The van der Waals surface area contributed by atoms with Crippen LogP contribution in [0, 0.1) is 5.92 Å². The van der Waals surface area contributed by atoms with Gasteiger partial charge in [-0.3, -0.25) is 25.2 Å². The summed E-state index contributed by atoms with van der Waals surface area (Å²) in [5.74, 6) is -0.624. The molecule has 8 nitrogen and oxygen atoms in total. The molecule has 8 heteroatoms. The number of methoxy groups -OCH3 is 1. The third-order valence-electron chi connectivity index (χ3n) is 5.21. The van der Waals surface area contributed by atoms with Gasteiger partial charge in [-0.25, -0.2) is 0 Å². The van der Waals surface area contributed by atoms with Crippen molar-refractivity contribution >= 4 is 23.4 Å². The van der Waals surface area contributed by atoms with Crippen LogP contribution < -0.4 is 25.2 Å². The minimum Gasteiger partial charge on any atom is -0.493 e. The lowest BCUT2D eigenvalue weighted by Gasteiger charge is -2.18. The van der Waals surface area contributed by atoms with Gasteiger partial charge < -0.3 is 14.4 Å².